The third-order valence-electron chi connectivity index (χ3n) is 5.08. The lowest BCUT2D eigenvalue weighted by Gasteiger charge is -2.29. The van der Waals surface area contributed by atoms with Crippen LogP contribution in [0.2, 0.25) is 0 Å². The Morgan fingerprint density at radius 3 is 2.65 bits per heavy atom. The summed E-state index contributed by atoms with van der Waals surface area (Å²) in [6.07, 6.45) is 1.25. The van der Waals surface area contributed by atoms with Gasteiger partial charge in [-0.05, 0) is 56.0 Å². The van der Waals surface area contributed by atoms with Crippen LogP contribution < -0.4 is 5.32 Å². The molecule has 0 radical (unpaired) electrons. The number of nitrogens with zero attached hydrogens (tertiary/aromatic N) is 1. The van der Waals surface area contributed by atoms with Gasteiger partial charge in [0, 0.05) is 25.6 Å². The van der Waals surface area contributed by atoms with Crippen LogP contribution in [0.15, 0.2) is 45.9 Å². The number of furan rings is 1. The second kappa shape index (κ2) is 10.1. The van der Waals surface area contributed by atoms with Crippen molar-refractivity contribution < 1.29 is 31.6 Å². The van der Waals surface area contributed by atoms with Crippen LogP contribution in [0, 0.1) is 11.7 Å². The van der Waals surface area contributed by atoms with Crippen LogP contribution in [0.3, 0.4) is 0 Å². The third-order valence-corrected chi connectivity index (χ3v) is 6.85. The van der Waals surface area contributed by atoms with Gasteiger partial charge in [0.25, 0.3) is 10.0 Å². The number of carbonyl (C=O) groups is 2. The molecule has 0 spiro atoms. The molecule has 0 unspecified atom stereocenters. The molecule has 0 aliphatic carbocycles. The topological polar surface area (TPSA) is 106 Å². The van der Waals surface area contributed by atoms with Crippen molar-refractivity contribution in [3.8, 4) is 0 Å². The molecule has 2 aromatic rings. The number of halogens is 1. The van der Waals surface area contributed by atoms with E-state index in [9.17, 15) is 22.4 Å². The van der Waals surface area contributed by atoms with Crippen LogP contribution in [-0.4, -0.2) is 50.8 Å². The Labute approximate surface area is 180 Å². The summed E-state index contributed by atoms with van der Waals surface area (Å²) in [5.41, 5.74) is 0.793. The fraction of sp³-hybridized carbons (Fsp3) is 0.429. The molecule has 3 rings (SSSR count). The highest BCUT2D eigenvalue weighted by Gasteiger charge is 2.34. The normalized spacial score (nSPS) is 15.5. The molecule has 1 amide bonds. The van der Waals surface area contributed by atoms with E-state index in [0.29, 0.717) is 25.8 Å². The van der Waals surface area contributed by atoms with E-state index in [1.165, 1.54) is 28.6 Å². The van der Waals surface area contributed by atoms with Crippen LogP contribution in [0.1, 0.15) is 35.9 Å². The van der Waals surface area contributed by atoms with E-state index in [-0.39, 0.29) is 48.2 Å². The van der Waals surface area contributed by atoms with E-state index in [1.807, 2.05) is 0 Å². The summed E-state index contributed by atoms with van der Waals surface area (Å²) in [7, 11) is -3.90. The lowest BCUT2D eigenvalue weighted by Crippen LogP contribution is -2.43. The van der Waals surface area contributed by atoms with E-state index in [0.717, 1.165) is 5.56 Å². The molecule has 2 heterocycles. The van der Waals surface area contributed by atoms with Gasteiger partial charge in [0.1, 0.15) is 5.82 Å². The summed E-state index contributed by atoms with van der Waals surface area (Å²) >= 11 is 0. The van der Waals surface area contributed by atoms with Gasteiger partial charge in [0.05, 0.1) is 6.61 Å². The molecular weight excluding hydrogens is 427 g/mol. The van der Waals surface area contributed by atoms with Crippen LogP contribution >= 0.6 is 0 Å². The van der Waals surface area contributed by atoms with E-state index >= 15 is 0 Å². The van der Waals surface area contributed by atoms with E-state index in [2.05, 4.69) is 5.32 Å². The van der Waals surface area contributed by atoms with Crippen molar-refractivity contribution in [3.05, 3.63) is 53.5 Å². The number of piperidine rings is 1. The Morgan fingerprint density at radius 1 is 1.23 bits per heavy atom. The molecule has 0 bridgehead atoms. The largest absolute Gasteiger partial charge is 0.460 e. The van der Waals surface area contributed by atoms with Crippen LogP contribution in [0.4, 0.5) is 4.39 Å². The first kappa shape index (κ1) is 23.0. The van der Waals surface area contributed by atoms with Gasteiger partial charge >= 0.3 is 5.97 Å². The molecule has 1 aromatic heterocycles. The maximum Gasteiger partial charge on any atom is 0.374 e. The van der Waals surface area contributed by atoms with E-state index in [1.54, 1.807) is 19.1 Å². The predicted molar refractivity (Wildman–Crippen MR) is 109 cm³/mol. The predicted octanol–water partition coefficient (Wildman–Crippen LogP) is 2.36. The maximum atomic E-state index is 13.2. The molecule has 31 heavy (non-hydrogen) atoms. The number of amides is 1. The number of sulfonamides is 1. The molecule has 1 aliphatic rings. The first-order chi connectivity index (χ1) is 14.8. The number of ether oxygens (including phenoxy) is 1. The SMILES string of the molecule is CCOC(=O)c1ccc(S(=O)(=O)N2CCC(C(=O)NCCc3cccc(F)c3)CC2)o1. The number of carbonyl (C=O) groups excluding carboxylic acids is 2. The number of rotatable bonds is 8. The van der Waals surface area contributed by atoms with Crippen molar-refractivity contribution in [2.24, 2.45) is 5.92 Å². The Kier molecular flexibility index (Phi) is 7.45. The highest BCUT2D eigenvalue weighted by atomic mass is 32.2. The second-order valence-electron chi connectivity index (χ2n) is 7.19. The quantitative estimate of drug-likeness (QED) is 0.617. The van der Waals surface area contributed by atoms with Gasteiger partial charge in [-0.2, -0.15) is 4.31 Å². The van der Waals surface area contributed by atoms with Crippen LogP contribution in [0.25, 0.3) is 0 Å². The molecule has 10 heteroatoms. The molecule has 168 valence electrons. The van der Waals surface area contributed by atoms with E-state index < -0.39 is 16.0 Å². The molecule has 1 aliphatic heterocycles. The molecule has 1 fully saturated rings. The summed E-state index contributed by atoms with van der Waals surface area (Å²) in [6.45, 7) is 2.50. The molecule has 0 saturated carbocycles. The summed E-state index contributed by atoms with van der Waals surface area (Å²) in [5.74, 6) is -1.66. The van der Waals surface area contributed by atoms with Gasteiger partial charge in [-0.3, -0.25) is 4.79 Å². The van der Waals surface area contributed by atoms with Crippen molar-refractivity contribution in [1.29, 1.82) is 0 Å². The molecule has 1 saturated heterocycles. The molecule has 8 nitrogen and oxygen atoms in total. The third kappa shape index (κ3) is 5.71. The standard InChI is InChI=1S/C21H25FN2O6S/c1-2-29-21(26)18-6-7-19(30-18)31(27,28)24-12-9-16(10-13-24)20(25)23-11-8-15-4-3-5-17(22)14-15/h3-7,14,16H,2,8-13H2,1H3,(H,23,25). The highest BCUT2D eigenvalue weighted by molar-refractivity contribution is 7.89. The number of hydrogen-bond acceptors (Lipinski definition) is 6. The first-order valence-corrected chi connectivity index (χ1v) is 11.5. The van der Waals surface area contributed by atoms with Gasteiger partial charge in [0.2, 0.25) is 16.8 Å². The van der Waals surface area contributed by atoms with Gasteiger partial charge in [-0.15, -0.1) is 0 Å². The maximum absolute atomic E-state index is 13.2. The number of benzene rings is 1. The average molecular weight is 453 g/mol. The lowest BCUT2D eigenvalue weighted by atomic mass is 9.97. The molecule has 1 N–H and O–H groups in total. The minimum atomic E-state index is -3.90. The fourth-order valence-corrected chi connectivity index (χ4v) is 4.80. The number of nitrogens with one attached hydrogen (secondary N) is 1. The van der Waals surface area contributed by atoms with Gasteiger partial charge in [-0.25, -0.2) is 17.6 Å². The molecular formula is C21H25FN2O6S. The summed E-state index contributed by atoms with van der Waals surface area (Å²) < 4.78 is 50.0. The zero-order valence-electron chi connectivity index (χ0n) is 17.2. The van der Waals surface area contributed by atoms with Gasteiger partial charge < -0.3 is 14.5 Å². The molecule has 0 atom stereocenters. The Hall–Kier alpha value is -2.72. The van der Waals surface area contributed by atoms with Crippen molar-refractivity contribution >= 4 is 21.9 Å². The minimum Gasteiger partial charge on any atom is -0.460 e. The minimum absolute atomic E-state index is 0.143. The lowest BCUT2D eigenvalue weighted by molar-refractivity contribution is -0.126. The smallest absolute Gasteiger partial charge is 0.374 e. The number of hydrogen-bond donors (Lipinski definition) is 1. The van der Waals surface area contributed by atoms with Crippen molar-refractivity contribution in [2.75, 3.05) is 26.2 Å². The average Bonchev–Trinajstić information content (AvgIpc) is 3.25. The Morgan fingerprint density at radius 2 is 1.97 bits per heavy atom. The zero-order valence-corrected chi connectivity index (χ0v) is 18.0. The van der Waals surface area contributed by atoms with Crippen molar-refractivity contribution in [3.63, 3.8) is 0 Å². The second-order valence-corrected chi connectivity index (χ2v) is 9.06. The fourth-order valence-electron chi connectivity index (χ4n) is 3.42. The van der Waals surface area contributed by atoms with Gasteiger partial charge in [-0.1, -0.05) is 12.1 Å². The summed E-state index contributed by atoms with van der Waals surface area (Å²) in [5, 5.41) is 2.51. The van der Waals surface area contributed by atoms with Gasteiger partial charge in [0.15, 0.2) is 0 Å². The van der Waals surface area contributed by atoms with E-state index in [4.69, 9.17) is 9.15 Å². The Bertz CT molecular complexity index is 1030. The van der Waals surface area contributed by atoms with Crippen molar-refractivity contribution in [1.82, 2.24) is 9.62 Å². The molecule has 1 aromatic carbocycles. The monoisotopic (exact) mass is 452 g/mol. The first-order valence-electron chi connectivity index (χ1n) is 10.1. The number of esters is 1. The summed E-state index contributed by atoms with van der Waals surface area (Å²) in [6, 6.07) is 8.70. The van der Waals surface area contributed by atoms with Crippen LogP contribution in [0.5, 0.6) is 0 Å². The van der Waals surface area contributed by atoms with Crippen LogP contribution in [-0.2, 0) is 26.0 Å². The van der Waals surface area contributed by atoms with Crippen molar-refractivity contribution in [2.45, 2.75) is 31.3 Å². The highest BCUT2D eigenvalue weighted by Crippen LogP contribution is 2.25. The zero-order chi connectivity index (χ0) is 22.4. The Balaban J connectivity index is 1.50. The summed E-state index contributed by atoms with van der Waals surface area (Å²) in [4.78, 5) is 24.1.